The maximum atomic E-state index is 12.5. The van der Waals surface area contributed by atoms with Crippen LogP contribution in [0, 0.1) is 6.92 Å². The Morgan fingerprint density at radius 2 is 1.43 bits per heavy atom. The van der Waals surface area contributed by atoms with E-state index in [1.165, 1.54) is 0 Å². The molecule has 0 spiro atoms. The SMILES string of the molecule is Cc1cccc(C(=O)NCCC(=O)NC(c2ccccc2)c2ccccc2)c1. The van der Waals surface area contributed by atoms with Gasteiger partial charge in [0.25, 0.3) is 5.91 Å². The van der Waals surface area contributed by atoms with E-state index in [4.69, 9.17) is 0 Å². The van der Waals surface area contributed by atoms with Crippen LogP contribution in [0.2, 0.25) is 0 Å². The van der Waals surface area contributed by atoms with E-state index in [-0.39, 0.29) is 30.8 Å². The Hall–Kier alpha value is -3.40. The van der Waals surface area contributed by atoms with Crippen LogP contribution in [0.5, 0.6) is 0 Å². The first kappa shape index (κ1) is 19.4. The molecule has 0 atom stereocenters. The third-order valence-corrected chi connectivity index (χ3v) is 4.49. The molecule has 3 rings (SSSR count). The Morgan fingerprint density at radius 1 is 0.821 bits per heavy atom. The molecule has 0 fully saturated rings. The highest BCUT2D eigenvalue weighted by Crippen LogP contribution is 2.21. The number of nitrogens with one attached hydrogen (secondary N) is 2. The number of carbonyl (C=O) groups is 2. The van der Waals surface area contributed by atoms with E-state index < -0.39 is 0 Å². The molecule has 0 saturated carbocycles. The molecule has 28 heavy (non-hydrogen) atoms. The number of carbonyl (C=O) groups excluding carboxylic acids is 2. The van der Waals surface area contributed by atoms with E-state index in [1.807, 2.05) is 85.8 Å². The van der Waals surface area contributed by atoms with Crippen LogP contribution < -0.4 is 10.6 Å². The lowest BCUT2D eigenvalue weighted by Crippen LogP contribution is -2.33. The molecular formula is C24H24N2O2. The highest BCUT2D eigenvalue weighted by atomic mass is 16.2. The van der Waals surface area contributed by atoms with Gasteiger partial charge in [-0.3, -0.25) is 9.59 Å². The molecule has 0 aliphatic heterocycles. The lowest BCUT2D eigenvalue weighted by Gasteiger charge is -2.20. The van der Waals surface area contributed by atoms with Crippen LogP contribution in [0.25, 0.3) is 0 Å². The molecule has 0 aliphatic rings. The van der Waals surface area contributed by atoms with Gasteiger partial charge in [0.2, 0.25) is 5.91 Å². The van der Waals surface area contributed by atoms with Gasteiger partial charge in [0, 0.05) is 18.5 Å². The zero-order valence-electron chi connectivity index (χ0n) is 15.9. The molecule has 0 heterocycles. The lowest BCUT2D eigenvalue weighted by molar-refractivity contribution is -0.121. The van der Waals surface area contributed by atoms with Crippen molar-refractivity contribution in [3.8, 4) is 0 Å². The van der Waals surface area contributed by atoms with Gasteiger partial charge in [0.1, 0.15) is 0 Å². The summed E-state index contributed by atoms with van der Waals surface area (Å²) in [6, 6.07) is 26.9. The van der Waals surface area contributed by atoms with Crippen molar-refractivity contribution in [2.75, 3.05) is 6.54 Å². The maximum Gasteiger partial charge on any atom is 0.251 e. The average molecular weight is 372 g/mol. The minimum Gasteiger partial charge on any atom is -0.352 e. The summed E-state index contributed by atoms with van der Waals surface area (Å²) in [4.78, 5) is 24.7. The van der Waals surface area contributed by atoms with Gasteiger partial charge in [-0.05, 0) is 30.2 Å². The second kappa shape index (κ2) is 9.51. The van der Waals surface area contributed by atoms with Gasteiger partial charge in [-0.2, -0.15) is 0 Å². The zero-order chi connectivity index (χ0) is 19.8. The largest absolute Gasteiger partial charge is 0.352 e. The monoisotopic (exact) mass is 372 g/mol. The molecule has 0 unspecified atom stereocenters. The van der Waals surface area contributed by atoms with Gasteiger partial charge in [-0.25, -0.2) is 0 Å². The summed E-state index contributed by atoms with van der Waals surface area (Å²) in [6.07, 6.45) is 0.216. The van der Waals surface area contributed by atoms with E-state index in [2.05, 4.69) is 10.6 Å². The van der Waals surface area contributed by atoms with E-state index in [9.17, 15) is 9.59 Å². The van der Waals surface area contributed by atoms with Gasteiger partial charge < -0.3 is 10.6 Å². The van der Waals surface area contributed by atoms with E-state index in [0.717, 1.165) is 16.7 Å². The molecule has 2 amide bonds. The van der Waals surface area contributed by atoms with Gasteiger partial charge >= 0.3 is 0 Å². The fourth-order valence-electron chi connectivity index (χ4n) is 3.06. The zero-order valence-corrected chi connectivity index (χ0v) is 15.9. The summed E-state index contributed by atoms with van der Waals surface area (Å²) in [7, 11) is 0. The molecule has 142 valence electrons. The Bertz CT molecular complexity index is 884. The van der Waals surface area contributed by atoms with Crippen LogP contribution in [0.15, 0.2) is 84.9 Å². The molecule has 0 bridgehead atoms. The highest BCUT2D eigenvalue weighted by molar-refractivity contribution is 5.94. The predicted octanol–water partition coefficient (Wildman–Crippen LogP) is 4.02. The first-order valence-corrected chi connectivity index (χ1v) is 9.37. The summed E-state index contributed by atoms with van der Waals surface area (Å²) in [5.41, 5.74) is 3.67. The Labute approximate surface area is 165 Å². The second-order valence-corrected chi connectivity index (χ2v) is 6.70. The Balaban J connectivity index is 1.59. The van der Waals surface area contributed by atoms with Crippen molar-refractivity contribution >= 4 is 11.8 Å². The topological polar surface area (TPSA) is 58.2 Å². The first-order chi connectivity index (χ1) is 13.6. The fourth-order valence-corrected chi connectivity index (χ4v) is 3.06. The summed E-state index contributed by atoms with van der Waals surface area (Å²) in [5.74, 6) is -0.276. The quantitative estimate of drug-likeness (QED) is 0.658. The first-order valence-electron chi connectivity index (χ1n) is 9.37. The van der Waals surface area contributed by atoms with Crippen molar-refractivity contribution < 1.29 is 9.59 Å². The maximum absolute atomic E-state index is 12.5. The minimum atomic E-state index is -0.220. The normalized spacial score (nSPS) is 10.5. The Kier molecular flexibility index (Phi) is 6.58. The smallest absolute Gasteiger partial charge is 0.251 e. The van der Waals surface area contributed by atoms with Gasteiger partial charge in [0.05, 0.1) is 6.04 Å². The molecule has 3 aromatic rings. The highest BCUT2D eigenvalue weighted by Gasteiger charge is 2.16. The molecule has 4 heteroatoms. The molecule has 4 nitrogen and oxygen atoms in total. The number of amides is 2. The second-order valence-electron chi connectivity index (χ2n) is 6.70. The molecular weight excluding hydrogens is 348 g/mol. The number of hydrogen-bond acceptors (Lipinski definition) is 2. The summed E-state index contributed by atoms with van der Waals surface area (Å²) in [6.45, 7) is 2.23. The van der Waals surface area contributed by atoms with Crippen molar-refractivity contribution in [2.45, 2.75) is 19.4 Å². The van der Waals surface area contributed by atoms with Crippen molar-refractivity contribution in [1.29, 1.82) is 0 Å². The standard InChI is InChI=1S/C24H24N2O2/c1-18-9-8-14-21(17-18)24(28)25-16-15-22(27)26-23(19-10-4-2-5-11-19)20-12-6-3-7-13-20/h2-14,17,23H,15-16H2,1H3,(H,25,28)(H,26,27). The summed E-state index contributed by atoms with van der Waals surface area (Å²) >= 11 is 0. The molecule has 0 aliphatic carbocycles. The van der Waals surface area contributed by atoms with Gasteiger partial charge in [-0.15, -0.1) is 0 Å². The Morgan fingerprint density at radius 3 is 2.00 bits per heavy atom. The number of rotatable bonds is 7. The van der Waals surface area contributed by atoms with Crippen LogP contribution in [-0.4, -0.2) is 18.4 Å². The van der Waals surface area contributed by atoms with Crippen molar-refractivity contribution in [3.05, 3.63) is 107 Å². The summed E-state index contributed by atoms with van der Waals surface area (Å²) in [5, 5.41) is 5.89. The van der Waals surface area contributed by atoms with Crippen LogP contribution in [0.4, 0.5) is 0 Å². The van der Waals surface area contributed by atoms with Crippen molar-refractivity contribution in [2.24, 2.45) is 0 Å². The third kappa shape index (κ3) is 5.30. The van der Waals surface area contributed by atoms with Crippen LogP contribution in [0.3, 0.4) is 0 Å². The number of aryl methyl sites for hydroxylation is 1. The van der Waals surface area contributed by atoms with Crippen LogP contribution in [-0.2, 0) is 4.79 Å². The fraction of sp³-hybridized carbons (Fsp3) is 0.167. The molecule has 3 aromatic carbocycles. The summed E-state index contributed by atoms with van der Waals surface area (Å²) < 4.78 is 0. The predicted molar refractivity (Wildman–Crippen MR) is 111 cm³/mol. The van der Waals surface area contributed by atoms with Gasteiger partial charge in [0.15, 0.2) is 0 Å². The van der Waals surface area contributed by atoms with Crippen molar-refractivity contribution in [1.82, 2.24) is 10.6 Å². The van der Waals surface area contributed by atoms with E-state index in [1.54, 1.807) is 6.07 Å². The molecule has 2 N–H and O–H groups in total. The van der Waals surface area contributed by atoms with Crippen LogP contribution in [0.1, 0.15) is 39.5 Å². The molecule has 0 saturated heterocycles. The van der Waals surface area contributed by atoms with Crippen LogP contribution >= 0.6 is 0 Å². The average Bonchev–Trinajstić information content (AvgIpc) is 2.73. The minimum absolute atomic E-state index is 0.109. The third-order valence-electron chi connectivity index (χ3n) is 4.49. The molecule has 0 radical (unpaired) electrons. The number of hydrogen-bond donors (Lipinski definition) is 2. The lowest BCUT2D eigenvalue weighted by atomic mass is 9.98. The van der Waals surface area contributed by atoms with E-state index >= 15 is 0 Å². The van der Waals surface area contributed by atoms with Gasteiger partial charge in [-0.1, -0.05) is 78.4 Å². The van der Waals surface area contributed by atoms with E-state index in [0.29, 0.717) is 5.56 Å². The van der Waals surface area contributed by atoms with Crippen molar-refractivity contribution in [3.63, 3.8) is 0 Å². The number of benzene rings is 3. The molecule has 0 aromatic heterocycles.